The lowest BCUT2D eigenvalue weighted by Gasteiger charge is -2.21. The minimum Gasteiger partial charge on any atom is -0.463 e. The van der Waals surface area contributed by atoms with Crippen LogP contribution in [0.3, 0.4) is 0 Å². The normalized spacial score (nSPS) is 14.9. The lowest BCUT2D eigenvalue weighted by Crippen LogP contribution is -2.30. The largest absolute Gasteiger partial charge is 0.472 e. The first kappa shape index (κ1) is 94.2. The third-order valence-electron chi connectivity index (χ3n) is 15.2. The molecular weight excluding hydrogens is 1290 g/mol. The number of aliphatic hydroxyl groups excluding tert-OH is 2. The average molecular weight is 1430 g/mol. The molecule has 564 valence electrons. The van der Waals surface area contributed by atoms with Crippen LogP contribution in [0.15, 0.2) is 158 Å². The summed E-state index contributed by atoms with van der Waals surface area (Å²) in [5, 5.41) is 20.6. The number of allylic oxidation sites excluding steroid dienone is 26. The number of phosphoric ester groups is 2. The van der Waals surface area contributed by atoms with Crippen LogP contribution >= 0.6 is 15.6 Å². The number of esters is 3. The summed E-state index contributed by atoms with van der Waals surface area (Å²) in [6, 6.07) is 0. The zero-order chi connectivity index (χ0) is 72.3. The van der Waals surface area contributed by atoms with Crippen molar-refractivity contribution >= 4 is 33.6 Å². The van der Waals surface area contributed by atoms with E-state index in [0.717, 1.165) is 173 Å². The van der Waals surface area contributed by atoms with Crippen LogP contribution in [-0.4, -0.2) is 95.9 Å². The molecule has 0 radical (unpaired) electrons. The molecule has 18 heteroatoms. The zero-order valence-electron chi connectivity index (χ0n) is 61.4. The second-order valence-electron chi connectivity index (χ2n) is 24.7. The van der Waals surface area contributed by atoms with Gasteiger partial charge in [0, 0.05) is 19.3 Å². The van der Waals surface area contributed by atoms with Crippen LogP contribution < -0.4 is 0 Å². The molecule has 16 nitrogen and oxygen atoms in total. The lowest BCUT2D eigenvalue weighted by molar-refractivity contribution is -0.161. The molecule has 0 rings (SSSR count). The first-order valence-corrected chi connectivity index (χ1v) is 40.8. The molecule has 5 atom stereocenters. The Morgan fingerprint density at radius 2 is 0.535 bits per heavy atom. The van der Waals surface area contributed by atoms with E-state index in [2.05, 4.69) is 179 Å². The number of hydrogen-bond acceptors (Lipinski definition) is 14. The van der Waals surface area contributed by atoms with Crippen molar-refractivity contribution in [3.05, 3.63) is 158 Å². The van der Waals surface area contributed by atoms with Crippen molar-refractivity contribution in [2.45, 2.75) is 296 Å². The zero-order valence-corrected chi connectivity index (χ0v) is 63.1. The van der Waals surface area contributed by atoms with E-state index < -0.39 is 91.5 Å². The summed E-state index contributed by atoms with van der Waals surface area (Å²) in [5.74, 6) is -1.66. The van der Waals surface area contributed by atoms with Gasteiger partial charge in [0.1, 0.15) is 25.4 Å². The smallest absolute Gasteiger partial charge is 0.463 e. The first-order valence-electron chi connectivity index (χ1n) is 37.8. The Hall–Kier alpha value is -4.83. The Balaban J connectivity index is 4.76. The van der Waals surface area contributed by atoms with Gasteiger partial charge in [0.25, 0.3) is 0 Å². The third kappa shape index (κ3) is 74.2. The summed E-state index contributed by atoms with van der Waals surface area (Å²) < 4.78 is 61.0. The van der Waals surface area contributed by atoms with Crippen LogP contribution in [0, 0.1) is 0 Å². The van der Waals surface area contributed by atoms with Gasteiger partial charge < -0.3 is 34.2 Å². The topological polar surface area (TPSA) is 231 Å². The number of ether oxygens (including phenoxy) is 3. The molecule has 0 heterocycles. The summed E-state index contributed by atoms with van der Waals surface area (Å²) in [4.78, 5) is 58.6. The highest BCUT2D eigenvalue weighted by atomic mass is 31.2. The number of unbranched alkanes of at least 4 members (excludes halogenated alkanes) is 21. The van der Waals surface area contributed by atoms with E-state index in [0.29, 0.717) is 19.3 Å². The lowest BCUT2D eigenvalue weighted by atomic mass is 10.1. The van der Waals surface area contributed by atoms with Gasteiger partial charge in [0.15, 0.2) is 6.10 Å². The Morgan fingerprint density at radius 3 is 0.869 bits per heavy atom. The first-order chi connectivity index (χ1) is 48.2. The number of rotatable bonds is 70. The Morgan fingerprint density at radius 1 is 0.293 bits per heavy atom. The van der Waals surface area contributed by atoms with Crippen molar-refractivity contribution < 1.29 is 75.8 Å². The monoisotopic (exact) mass is 1420 g/mol. The minimum absolute atomic E-state index is 0.0738. The van der Waals surface area contributed by atoms with Gasteiger partial charge in [-0.15, -0.1) is 0 Å². The van der Waals surface area contributed by atoms with Gasteiger partial charge in [-0.25, -0.2) is 9.13 Å². The molecule has 0 aliphatic carbocycles. The van der Waals surface area contributed by atoms with E-state index in [-0.39, 0.29) is 19.3 Å². The predicted octanol–water partition coefficient (Wildman–Crippen LogP) is 21.9. The summed E-state index contributed by atoms with van der Waals surface area (Å²) in [6.07, 6.45) is 89.9. The fraction of sp³-hybridized carbons (Fsp3) is 0.642. The standard InChI is InChI=1S/C81H134O16P2/c1-4-7-10-13-16-19-22-25-28-31-34-36-37-39-42-43-46-49-52-55-58-61-64-67-79(84)91-70-76(82)71-93-98(87,88)94-72-77(83)73-95-99(89,90)96-75-78(97-81(86)69-66-63-60-57-54-51-48-45-40-33-30-27-24-21-18-15-12-9-6-3)74-92-80(85)68-65-62-59-56-53-50-47-44-41-38-35-32-29-26-23-20-17-14-11-8-5-2/h8,11,16-21,25-30,34-36,38-40,42,44-45,47,53,56,76-78,82-83H,4-7,9-10,12-15,22-24,31-33,37,41,43,46,48-52,54-55,57-75H2,1-3H3,(H,87,88)(H,89,90)/b11-8-,19-16-,20-17-,21-18-,28-25-,29-26-,30-27-,36-34-,38-35-,42-39-,45-40-,47-44-,56-53-. The molecule has 0 saturated carbocycles. The molecule has 0 aliphatic rings. The molecule has 0 aromatic carbocycles. The molecule has 0 fully saturated rings. The van der Waals surface area contributed by atoms with Gasteiger partial charge in [-0.2, -0.15) is 0 Å². The fourth-order valence-corrected chi connectivity index (χ4v) is 11.0. The van der Waals surface area contributed by atoms with Gasteiger partial charge >= 0.3 is 33.6 Å². The quantitative estimate of drug-likeness (QED) is 0.0146. The van der Waals surface area contributed by atoms with Crippen molar-refractivity contribution in [3.63, 3.8) is 0 Å². The highest BCUT2D eigenvalue weighted by Crippen LogP contribution is 2.45. The summed E-state index contributed by atoms with van der Waals surface area (Å²) in [6.45, 7) is 2.41. The van der Waals surface area contributed by atoms with Crippen molar-refractivity contribution in [2.75, 3.05) is 39.6 Å². The number of phosphoric acid groups is 2. The molecule has 0 spiro atoms. The van der Waals surface area contributed by atoms with Gasteiger partial charge in [-0.1, -0.05) is 262 Å². The summed E-state index contributed by atoms with van der Waals surface area (Å²) in [7, 11) is -9.82. The SMILES string of the molecule is CC/C=C\C/C=C\C/C=C\C/C=C\C/C=C\C/C=C\CCCCC(=O)OCC(COP(=O)(O)OCC(O)COP(=O)(O)OCC(O)COC(=O)CCCCCCCCC/C=C\C/C=C\C/C=C\C/C=C\CCCCC)OC(=O)CCCCCCCC/C=C\C/C=C\C/C=C\CCCCC. The molecule has 0 bridgehead atoms. The predicted molar refractivity (Wildman–Crippen MR) is 408 cm³/mol. The molecule has 4 N–H and O–H groups in total. The van der Waals surface area contributed by atoms with Crippen molar-refractivity contribution in [1.82, 2.24) is 0 Å². The van der Waals surface area contributed by atoms with Gasteiger partial charge in [0.2, 0.25) is 0 Å². The van der Waals surface area contributed by atoms with Crippen molar-refractivity contribution in [1.29, 1.82) is 0 Å². The number of carbonyl (C=O) groups is 3. The van der Waals surface area contributed by atoms with E-state index in [1.54, 1.807) is 0 Å². The molecule has 0 aromatic rings. The van der Waals surface area contributed by atoms with Crippen LogP contribution in [0.1, 0.15) is 278 Å². The molecule has 0 aliphatic heterocycles. The molecule has 5 unspecified atom stereocenters. The Kier molecular flexibility index (Phi) is 69.4. The maximum Gasteiger partial charge on any atom is 0.472 e. The van der Waals surface area contributed by atoms with Crippen LogP contribution in [0.4, 0.5) is 0 Å². The van der Waals surface area contributed by atoms with Crippen LogP contribution in [0.2, 0.25) is 0 Å². The maximum absolute atomic E-state index is 13.0. The van der Waals surface area contributed by atoms with Crippen molar-refractivity contribution in [2.24, 2.45) is 0 Å². The van der Waals surface area contributed by atoms with Crippen LogP contribution in [-0.2, 0) is 55.8 Å². The highest BCUT2D eigenvalue weighted by Gasteiger charge is 2.29. The molecule has 0 amide bonds. The number of carbonyl (C=O) groups excluding carboxylic acids is 3. The molecule has 99 heavy (non-hydrogen) atoms. The highest BCUT2D eigenvalue weighted by molar-refractivity contribution is 7.47. The van der Waals surface area contributed by atoms with Gasteiger partial charge in [-0.05, 0) is 154 Å². The minimum atomic E-state index is -4.95. The number of hydrogen-bond donors (Lipinski definition) is 4. The van der Waals surface area contributed by atoms with E-state index in [9.17, 15) is 43.5 Å². The van der Waals surface area contributed by atoms with E-state index >= 15 is 0 Å². The Bertz CT molecular complexity index is 2430. The molecular formula is C81H134O16P2. The maximum atomic E-state index is 13.0. The second kappa shape index (κ2) is 72.9. The Labute approximate surface area is 600 Å². The van der Waals surface area contributed by atoms with Crippen LogP contribution in [0.5, 0.6) is 0 Å². The third-order valence-corrected chi connectivity index (χ3v) is 17.1. The molecule has 0 saturated heterocycles. The van der Waals surface area contributed by atoms with E-state index in [1.807, 2.05) is 0 Å². The van der Waals surface area contributed by atoms with Crippen molar-refractivity contribution in [3.8, 4) is 0 Å². The summed E-state index contributed by atoms with van der Waals surface area (Å²) >= 11 is 0. The fourth-order valence-electron chi connectivity index (χ4n) is 9.45. The number of aliphatic hydroxyl groups is 2. The van der Waals surface area contributed by atoms with E-state index in [1.165, 1.54) is 44.9 Å². The molecule has 0 aromatic heterocycles. The summed E-state index contributed by atoms with van der Waals surface area (Å²) in [5.41, 5.74) is 0. The average Bonchev–Trinajstić information content (AvgIpc) is 2.42. The van der Waals surface area contributed by atoms with E-state index in [4.69, 9.17) is 32.3 Å². The second-order valence-corrected chi connectivity index (χ2v) is 27.6. The van der Waals surface area contributed by atoms with Gasteiger partial charge in [-0.3, -0.25) is 32.5 Å². The van der Waals surface area contributed by atoms with Gasteiger partial charge in [0.05, 0.1) is 26.4 Å². The van der Waals surface area contributed by atoms with Crippen LogP contribution in [0.25, 0.3) is 0 Å².